The predicted molar refractivity (Wildman–Crippen MR) is 50.7 cm³/mol. The van der Waals surface area contributed by atoms with Crippen LogP contribution >= 0.6 is 0 Å². The highest BCUT2D eigenvalue weighted by atomic mass is 16.5. The molecule has 0 unspecified atom stereocenters. The number of anilines is 1. The Balaban J connectivity index is 2.05. The lowest BCUT2D eigenvalue weighted by Gasteiger charge is -2.08. The second kappa shape index (κ2) is 3.17. The van der Waals surface area contributed by atoms with Gasteiger partial charge in [-0.1, -0.05) is 6.07 Å². The highest BCUT2D eigenvalue weighted by Crippen LogP contribution is 2.33. The Hall–Kier alpha value is -1.38. The zero-order valence-electron chi connectivity index (χ0n) is 7.36. The van der Waals surface area contributed by atoms with Crippen LogP contribution in [0.3, 0.4) is 0 Å². The summed E-state index contributed by atoms with van der Waals surface area (Å²) in [6, 6.07) is 5.06. The molecule has 1 fully saturated rings. The van der Waals surface area contributed by atoms with Crippen LogP contribution in [0.15, 0.2) is 18.2 Å². The molecule has 3 nitrogen and oxygen atoms in total. The lowest BCUT2D eigenvalue weighted by molar-refractivity contribution is 0.300. The smallest absolute Gasteiger partial charge is 0.146 e. The number of rotatable bonds is 3. The van der Waals surface area contributed by atoms with E-state index in [0.717, 1.165) is 0 Å². The third-order valence-corrected chi connectivity index (χ3v) is 2.21. The molecule has 0 saturated heterocycles. The fraction of sp³-hybridized carbons (Fsp3) is 0.400. The van der Waals surface area contributed by atoms with Gasteiger partial charge in [-0.15, -0.1) is 0 Å². The number of hydrogen-bond acceptors (Lipinski definition) is 3. The number of nitrogen functional groups attached to an aromatic ring is 1. The second-order valence-corrected chi connectivity index (χ2v) is 3.44. The largest absolute Gasteiger partial charge is 0.506 e. The third-order valence-electron chi connectivity index (χ3n) is 2.21. The summed E-state index contributed by atoms with van der Waals surface area (Å²) in [5, 5.41) is 9.28. The normalized spacial score (nSPS) is 15.7. The van der Waals surface area contributed by atoms with Crippen molar-refractivity contribution in [2.75, 3.05) is 12.3 Å². The fourth-order valence-corrected chi connectivity index (χ4v) is 1.15. The van der Waals surface area contributed by atoms with Gasteiger partial charge in [-0.3, -0.25) is 0 Å². The molecule has 70 valence electrons. The monoisotopic (exact) mass is 179 g/mol. The van der Waals surface area contributed by atoms with E-state index in [1.807, 2.05) is 0 Å². The number of hydrogen-bond donors (Lipinski definition) is 2. The third kappa shape index (κ3) is 1.86. The number of phenolic OH excluding ortho intramolecular Hbond substituents is 1. The van der Waals surface area contributed by atoms with Crippen LogP contribution in [0.25, 0.3) is 0 Å². The van der Waals surface area contributed by atoms with Crippen LogP contribution in [0, 0.1) is 5.92 Å². The molecular formula is C10H13NO2. The second-order valence-electron chi connectivity index (χ2n) is 3.44. The minimum absolute atomic E-state index is 0.0910. The van der Waals surface area contributed by atoms with Crippen molar-refractivity contribution in [1.29, 1.82) is 0 Å². The Kier molecular flexibility index (Phi) is 2.00. The molecule has 3 heteroatoms. The van der Waals surface area contributed by atoms with Gasteiger partial charge in [0.2, 0.25) is 0 Å². The molecule has 0 aliphatic heterocycles. The van der Waals surface area contributed by atoms with E-state index in [1.165, 1.54) is 12.8 Å². The maximum atomic E-state index is 9.28. The molecule has 1 saturated carbocycles. The van der Waals surface area contributed by atoms with E-state index >= 15 is 0 Å². The number of benzene rings is 1. The van der Waals surface area contributed by atoms with E-state index in [1.54, 1.807) is 18.2 Å². The Labute approximate surface area is 77.1 Å². The average molecular weight is 179 g/mol. The molecule has 1 aromatic carbocycles. The summed E-state index contributed by atoms with van der Waals surface area (Å²) in [5.41, 5.74) is 5.95. The zero-order valence-corrected chi connectivity index (χ0v) is 7.36. The summed E-state index contributed by atoms with van der Waals surface area (Å²) < 4.78 is 5.46. The van der Waals surface area contributed by atoms with Crippen LogP contribution in [-0.4, -0.2) is 11.7 Å². The quantitative estimate of drug-likeness (QED) is 0.549. The summed E-state index contributed by atoms with van der Waals surface area (Å²) in [6.45, 7) is 0.716. The van der Waals surface area contributed by atoms with Crippen LogP contribution in [0.4, 0.5) is 5.69 Å². The fourth-order valence-electron chi connectivity index (χ4n) is 1.15. The van der Waals surface area contributed by atoms with Gasteiger partial charge in [0.15, 0.2) is 0 Å². The highest BCUT2D eigenvalue weighted by Gasteiger charge is 2.22. The molecular weight excluding hydrogens is 166 g/mol. The number of para-hydroxylation sites is 1. The molecule has 0 amide bonds. The Morgan fingerprint density at radius 2 is 2.23 bits per heavy atom. The van der Waals surface area contributed by atoms with E-state index in [4.69, 9.17) is 10.5 Å². The first-order valence-corrected chi connectivity index (χ1v) is 4.47. The highest BCUT2D eigenvalue weighted by molar-refractivity contribution is 5.61. The molecule has 0 bridgehead atoms. The van der Waals surface area contributed by atoms with E-state index in [2.05, 4.69) is 0 Å². The standard InChI is InChI=1S/C10H13NO2/c11-10-8(12)2-1-3-9(10)13-6-7-4-5-7/h1-3,7,12H,4-6,11H2. The van der Waals surface area contributed by atoms with Crippen LogP contribution in [0.5, 0.6) is 11.5 Å². The summed E-state index contributed by atoms with van der Waals surface area (Å²) in [4.78, 5) is 0. The molecule has 13 heavy (non-hydrogen) atoms. The number of aromatic hydroxyl groups is 1. The van der Waals surface area contributed by atoms with Crippen LogP contribution in [0.2, 0.25) is 0 Å². The Morgan fingerprint density at radius 1 is 1.46 bits per heavy atom. The van der Waals surface area contributed by atoms with Crippen molar-refractivity contribution in [2.45, 2.75) is 12.8 Å². The molecule has 0 heterocycles. The molecule has 1 aromatic rings. The summed E-state index contributed by atoms with van der Waals surface area (Å²) in [7, 11) is 0. The topological polar surface area (TPSA) is 55.5 Å². The molecule has 0 aromatic heterocycles. The van der Waals surface area contributed by atoms with E-state index in [-0.39, 0.29) is 5.75 Å². The Morgan fingerprint density at radius 3 is 2.92 bits per heavy atom. The first-order chi connectivity index (χ1) is 6.27. The zero-order chi connectivity index (χ0) is 9.26. The van der Waals surface area contributed by atoms with Gasteiger partial charge in [-0.2, -0.15) is 0 Å². The maximum Gasteiger partial charge on any atom is 0.146 e. The number of ether oxygens (including phenoxy) is 1. The minimum atomic E-state index is 0.0910. The summed E-state index contributed by atoms with van der Waals surface area (Å²) in [5.74, 6) is 1.38. The van der Waals surface area contributed by atoms with Crippen molar-refractivity contribution in [2.24, 2.45) is 5.92 Å². The van der Waals surface area contributed by atoms with Crippen molar-refractivity contribution in [3.8, 4) is 11.5 Å². The van der Waals surface area contributed by atoms with Gasteiger partial charge in [0.25, 0.3) is 0 Å². The summed E-state index contributed by atoms with van der Waals surface area (Å²) >= 11 is 0. The molecule has 0 radical (unpaired) electrons. The van der Waals surface area contributed by atoms with Crippen molar-refractivity contribution < 1.29 is 9.84 Å². The van der Waals surface area contributed by atoms with Gasteiger partial charge in [0.1, 0.15) is 17.2 Å². The Bertz CT molecular complexity index is 308. The van der Waals surface area contributed by atoms with Gasteiger partial charge >= 0.3 is 0 Å². The van der Waals surface area contributed by atoms with Crippen molar-refractivity contribution in [1.82, 2.24) is 0 Å². The maximum absolute atomic E-state index is 9.28. The van der Waals surface area contributed by atoms with E-state index in [9.17, 15) is 5.11 Å². The lowest BCUT2D eigenvalue weighted by atomic mass is 10.3. The van der Waals surface area contributed by atoms with Gasteiger partial charge in [0.05, 0.1) is 6.61 Å². The number of nitrogens with two attached hydrogens (primary N) is 1. The van der Waals surface area contributed by atoms with Crippen molar-refractivity contribution >= 4 is 5.69 Å². The molecule has 2 rings (SSSR count). The first-order valence-electron chi connectivity index (χ1n) is 4.47. The van der Waals surface area contributed by atoms with Gasteiger partial charge in [-0.25, -0.2) is 0 Å². The van der Waals surface area contributed by atoms with Crippen molar-refractivity contribution in [3.05, 3.63) is 18.2 Å². The first kappa shape index (κ1) is 8.23. The molecule has 0 spiro atoms. The average Bonchev–Trinajstić information content (AvgIpc) is 2.91. The van der Waals surface area contributed by atoms with Crippen LogP contribution < -0.4 is 10.5 Å². The minimum Gasteiger partial charge on any atom is -0.506 e. The molecule has 3 N–H and O–H groups in total. The SMILES string of the molecule is Nc1c(O)cccc1OCC1CC1. The molecule has 1 aliphatic carbocycles. The number of phenols is 1. The lowest BCUT2D eigenvalue weighted by Crippen LogP contribution is -2.01. The van der Waals surface area contributed by atoms with Gasteiger partial charge in [-0.05, 0) is 30.9 Å². The molecule has 1 aliphatic rings. The predicted octanol–water partition coefficient (Wildman–Crippen LogP) is 1.76. The van der Waals surface area contributed by atoms with E-state index < -0.39 is 0 Å². The van der Waals surface area contributed by atoms with E-state index in [0.29, 0.717) is 24.0 Å². The van der Waals surface area contributed by atoms with Gasteiger partial charge in [0, 0.05) is 0 Å². The van der Waals surface area contributed by atoms with Crippen LogP contribution in [0.1, 0.15) is 12.8 Å². The van der Waals surface area contributed by atoms with Gasteiger partial charge < -0.3 is 15.6 Å². The van der Waals surface area contributed by atoms with Crippen molar-refractivity contribution in [3.63, 3.8) is 0 Å². The molecule has 0 atom stereocenters. The van der Waals surface area contributed by atoms with Crippen LogP contribution in [-0.2, 0) is 0 Å². The summed E-state index contributed by atoms with van der Waals surface area (Å²) in [6.07, 6.45) is 2.50.